The molecule has 12 heteroatoms. The maximum absolute atomic E-state index is 11.0. The molecule has 1 fully saturated rings. The zero-order chi connectivity index (χ0) is 15.7. The summed E-state index contributed by atoms with van der Waals surface area (Å²) < 4.78 is 19.4. The lowest BCUT2D eigenvalue weighted by Gasteiger charge is -2.42. The van der Waals surface area contributed by atoms with Gasteiger partial charge in [0.25, 0.3) is 0 Å². The van der Waals surface area contributed by atoms with Gasteiger partial charge < -0.3 is 40.1 Å². The van der Waals surface area contributed by atoms with E-state index in [-0.39, 0.29) is 0 Å². The van der Waals surface area contributed by atoms with Crippen molar-refractivity contribution in [1.29, 1.82) is 0 Å². The summed E-state index contributed by atoms with van der Waals surface area (Å²) in [6.45, 7) is -1.11. The van der Waals surface area contributed by atoms with E-state index in [1.165, 1.54) is 0 Å². The largest absolute Gasteiger partial charge is 0.470 e. The van der Waals surface area contributed by atoms with E-state index in [4.69, 9.17) is 14.9 Å². The highest BCUT2D eigenvalue weighted by molar-refractivity contribution is 7.46. The Morgan fingerprint density at radius 1 is 0.950 bits per heavy atom. The van der Waals surface area contributed by atoms with Crippen molar-refractivity contribution >= 4 is 13.8 Å². The molecular formula is C8H15O11P. The number of carbonyl (C=O) groups is 1. The Balaban J connectivity index is 3.02. The summed E-state index contributed by atoms with van der Waals surface area (Å²) >= 11 is 0. The van der Waals surface area contributed by atoms with E-state index in [0.717, 1.165) is 0 Å². The Hall–Kier alpha value is -0.620. The second-order valence-electron chi connectivity index (χ2n) is 4.14. The fourth-order valence-electron chi connectivity index (χ4n) is 1.79. The first-order valence-corrected chi connectivity index (χ1v) is 6.88. The average molecular weight is 318 g/mol. The highest BCUT2D eigenvalue weighted by Crippen LogP contribution is 2.42. The van der Waals surface area contributed by atoms with E-state index in [9.17, 15) is 29.8 Å². The van der Waals surface area contributed by atoms with Crippen molar-refractivity contribution in [2.75, 3.05) is 6.61 Å². The van der Waals surface area contributed by atoms with Crippen molar-refractivity contribution in [3.8, 4) is 0 Å². The standard InChI is InChI=1S/C8H15O11P/c9-1-2(10)18-7-5(13)3(11)4(12)6(14)8(7)19-20(15,16)17/h3-9,11-14H,1H2,(H2,15,16,17). The van der Waals surface area contributed by atoms with E-state index in [1.807, 2.05) is 0 Å². The molecule has 0 aromatic rings. The average Bonchev–Trinajstić information content (AvgIpc) is 2.36. The van der Waals surface area contributed by atoms with Crippen LogP contribution in [0.4, 0.5) is 0 Å². The molecule has 0 radical (unpaired) electrons. The van der Waals surface area contributed by atoms with E-state index < -0.39 is 57.0 Å². The highest BCUT2D eigenvalue weighted by Gasteiger charge is 2.53. The summed E-state index contributed by atoms with van der Waals surface area (Å²) in [5, 5.41) is 46.6. The zero-order valence-corrected chi connectivity index (χ0v) is 10.8. The molecule has 0 aromatic heterocycles. The molecule has 1 aliphatic rings. The Bertz CT molecular complexity index is 394. The van der Waals surface area contributed by atoms with Gasteiger partial charge in [0.2, 0.25) is 0 Å². The monoisotopic (exact) mass is 318 g/mol. The van der Waals surface area contributed by atoms with E-state index in [1.54, 1.807) is 0 Å². The molecule has 1 saturated carbocycles. The number of carbonyl (C=O) groups excluding carboxylic acids is 1. The van der Waals surface area contributed by atoms with Crippen molar-refractivity contribution in [2.45, 2.75) is 36.6 Å². The van der Waals surface area contributed by atoms with Crippen molar-refractivity contribution in [1.82, 2.24) is 0 Å². The lowest BCUT2D eigenvalue weighted by molar-refractivity contribution is -0.231. The fourth-order valence-corrected chi connectivity index (χ4v) is 2.35. The number of ether oxygens (including phenoxy) is 1. The number of hydrogen-bond acceptors (Lipinski definition) is 9. The molecule has 0 spiro atoms. The minimum atomic E-state index is -5.15. The van der Waals surface area contributed by atoms with Gasteiger partial charge in [0.15, 0.2) is 6.10 Å². The summed E-state index contributed by atoms with van der Waals surface area (Å²) in [4.78, 5) is 28.4. The van der Waals surface area contributed by atoms with Gasteiger partial charge in [-0.3, -0.25) is 4.52 Å². The quantitative estimate of drug-likeness (QED) is 0.196. The van der Waals surface area contributed by atoms with Gasteiger partial charge in [-0.05, 0) is 0 Å². The van der Waals surface area contributed by atoms with Crippen LogP contribution in [0.5, 0.6) is 0 Å². The molecule has 0 aromatic carbocycles. The molecular weight excluding hydrogens is 303 g/mol. The molecule has 0 bridgehead atoms. The van der Waals surface area contributed by atoms with Crippen molar-refractivity contribution in [3.05, 3.63) is 0 Å². The number of esters is 1. The molecule has 6 unspecified atom stereocenters. The molecule has 118 valence electrons. The third-order valence-corrected chi connectivity index (χ3v) is 3.22. The van der Waals surface area contributed by atoms with Gasteiger partial charge in [0, 0.05) is 0 Å². The van der Waals surface area contributed by atoms with Crippen molar-refractivity contribution in [3.63, 3.8) is 0 Å². The number of phosphoric ester groups is 1. The summed E-state index contributed by atoms with van der Waals surface area (Å²) in [5.74, 6) is -1.29. The van der Waals surface area contributed by atoms with Crippen LogP contribution in [-0.4, -0.2) is 84.5 Å². The van der Waals surface area contributed by atoms with Gasteiger partial charge in [-0.25, -0.2) is 9.36 Å². The Morgan fingerprint density at radius 2 is 1.40 bits per heavy atom. The van der Waals surface area contributed by atoms with E-state index in [2.05, 4.69) is 9.26 Å². The molecule has 0 aliphatic heterocycles. The summed E-state index contributed by atoms with van der Waals surface area (Å²) in [6, 6.07) is 0. The second kappa shape index (κ2) is 6.43. The third kappa shape index (κ3) is 3.95. The van der Waals surface area contributed by atoms with Crippen LogP contribution in [0.1, 0.15) is 0 Å². The number of aliphatic hydroxyl groups is 5. The van der Waals surface area contributed by atoms with Gasteiger partial charge in [-0.1, -0.05) is 0 Å². The maximum atomic E-state index is 11.0. The predicted molar refractivity (Wildman–Crippen MR) is 57.9 cm³/mol. The molecule has 0 amide bonds. The maximum Gasteiger partial charge on any atom is 0.470 e. The van der Waals surface area contributed by atoms with E-state index in [0.29, 0.717) is 0 Å². The number of aliphatic hydroxyl groups excluding tert-OH is 5. The van der Waals surface area contributed by atoms with E-state index >= 15 is 0 Å². The summed E-state index contributed by atoms with van der Waals surface area (Å²) in [7, 11) is -5.15. The van der Waals surface area contributed by atoms with Crippen LogP contribution in [0.25, 0.3) is 0 Å². The second-order valence-corrected chi connectivity index (χ2v) is 5.33. The number of hydrogen-bond donors (Lipinski definition) is 7. The smallest absolute Gasteiger partial charge is 0.455 e. The SMILES string of the molecule is O=C(CO)OC1C(O)C(O)C(O)C(O)C1OP(=O)(O)O. The Labute approximate surface area is 112 Å². The van der Waals surface area contributed by atoms with Crippen LogP contribution in [0.2, 0.25) is 0 Å². The number of phosphoric acid groups is 1. The van der Waals surface area contributed by atoms with Gasteiger partial charge in [-0.2, -0.15) is 0 Å². The van der Waals surface area contributed by atoms with Crippen LogP contribution in [0.15, 0.2) is 0 Å². The first-order chi connectivity index (χ1) is 9.08. The van der Waals surface area contributed by atoms with Crippen LogP contribution < -0.4 is 0 Å². The lowest BCUT2D eigenvalue weighted by Crippen LogP contribution is -2.65. The normalized spacial score (nSPS) is 38.5. The third-order valence-electron chi connectivity index (χ3n) is 2.70. The summed E-state index contributed by atoms with van der Waals surface area (Å²) in [6.07, 6.45) is -11.8. The molecule has 20 heavy (non-hydrogen) atoms. The molecule has 0 heterocycles. The highest BCUT2D eigenvalue weighted by atomic mass is 31.2. The molecule has 6 atom stereocenters. The van der Waals surface area contributed by atoms with Crippen molar-refractivity contribution < 1.29 is 53.9 Å². The molecule has 1 rings (SSSR count). The zero-order valence-electron chi connectivity index (χ0n) is 9.88. The van der Waals surface area contributed by atoms with Crippen molar-refractivity contribution in [2.24, 2.45) is 0 Å². The first kappa shape index (κ1) is 17.4. The molecule has 0 saturated heterocycles. The molecule has 7 N–H and O–H groups in total. The summed E-state index contributed by atoms with van der Waals surface area (Å²) in [5.41, 5.74) is 0. The minimum Gasteiger partial charge on any atom is -0.455 e. The van der Waals surface area contributed by atoms with Gasteiger partial charge >= 0.3 is 13.8 Å². The van der Waals surface area contributed by atoms with Crippen LogP contribution in [0, 0.1) is 0 Å². The fraction of sp³-hybridized carbons (Fsp3) is 0.875. The van der Waals surface area contributed by atoms with Crippen LogP contribution >= 0.6 is 7.82 Å². The van der Waals surface area contributed by atoms with Crippen LogP contribution in [0.3, 0.4) is 0 Å². The topological polar surface area (TPSA) is 194 Å². The minimum absolute atomic E-state index is 1.11. The van der Waals surface area contributed by atoms with Gasteiger partial charge in [0.05, 0.1) is 0 Å². The van der Waals surface area contributed by atoms with Gasteiger partial charge in [-0.15, -0.1) is 0 Å². The first-order valence-electron chi connectivity index (χ1n) is 5.35. The predicted octanol–water partition coefficient (Wildman–Crippen LogP) is -4.17. The molecule has 11 nitrogen and oxygen atoms in total. The Kier molecular flexibility index (Phi) is 5.61. The van der Waals surface area contributed by atoms with Gasteiger partial charge in [0.1, 0.15) is 37.1 Å². The number of rotatable bonds is 4. The lowest BCUT2D eigenvalue weighted by atomic mass is 9.85. The Morgan fingerprint density at radius 3 is 1.80 bits per heavy atom. The van der Waals surface area contributed by atoms with Crippen LogP contribution in [-0.2, 0) is 18.6 Å². The molecule has 1 aliphatic carbocycles.